The van der Waals surface area contributed by atoms with Crippen LogP contribution in [0, 0.1) is 6.92 Å². The van der Waals surface area contributed by atoms with Crippen LogP contribution in [0.5, 0.6) is 0 Å². The molecule has 1 heterocycles. The van der Waals surface area contributed by atoms with E-state index in [1.165, 1.54) is 17.7 Å². The second kappa shape index (κ2) is 5.84. The number of aryl methyl sites for hydroxylation is 1. The first-order chi connectivity index (χ1) is 9.69. The van der Waals surface area contributed by atoms with Crippen molar-refractivity contribution in [2.24, 2.45) is 0 Å². The molecule has 21 heavy (non-hydrogen) atoms. The summed E-state index contributed by atoms with van der Waals surface area (Å²) in [5, 5.41) is 3.24. The van der Waals surface area contributed by atoms with Gasteiger partial charge in [0.05, 0.1) is 16.1 Å². The molecule has 0 radical (unpaired) electrons. The van der Waals surface area contributed by atoms with Gasteiger partial charge in [-0.2, -0.15) is 0 Å². The van der Waals surface area contributed by atoms with Gasteiger partial charge in [0.15, 0.2) is 5.78 Å². The highest BCUT2D eigenvalue weighted by molar-refractivity contribution is 7.03. The molecule has 0 spiro atoms. The Bertz CT molecular complexity index is 559. The second-order valence-electron chi connectivity index (χ2n) is 8.01. The third-order valence-corrected chi connectivity index (χ3v) is 12.7. The highest BCUT2D eigenvalue weighted by Crippen LogP contribution is 2.27. The molecule has 0 fully saturated rings. The highest BCUT2D eigenvalue weighted by atomic mass is 28.3. The SMILES string of the molecule is CCCCC(=O)c1cc2c(cc1C)[Si](C)(C)CC[Si]2(C)C. The number of hydrogen-bond donors (Lipinski definition) is 0. The van der Waals surface area contributed by atoms with Crippen molar-refractivity contribution in [1.82, 2.24) is 0 Å². The fraction of sp³-hybridized carbons (Fsp3) is 0.611. The number of rotatable bonds is 4. The Morgan fingerprint density at radius 3 is 2.10 bits per heavy atom. The summed E-state index contributed by atoms with van der Waals surface area (Å²) in [4.78, 5) is 12.5. The monoisotopic (exact) mass is 318 g/mol. The standard InChI is InChI=1S/C18H30OSi2/c1-7-8-9-16(19)15-13-18-17(12-14(15)2)20(3,4)10-11-21(18,5)6/h12-13H,7-11H2,1-6H3. The third-order valence-electron chi connectivity index (χ3n) is 5.26. The lowest BCUT2D eigenvalue weighted by atomic mass is 10.0. The van der Waals surface area contributed by atoms with Gasteiger partial charge < -0.3 is 0 Å². The summed E-state index contributed by atoms with van der Waals surface area (Å²) in [7, 11) is -2.64. The molecular formula is C18H30OSi2. The van der Waals surface area contributed by atoms with E-state index in [1.54, 1.807) is 10.4 Å². The van der Waals surface area contributed by atoms with E-state index in [0.717, 1.165) is 18.4 Å². The van der Waals surface area contributed by atoms with Crippen molar-refractivity contribution in [3.8, 4) is 0 Å². The van der Waals surface area contributed by atoms with E-state index < -0.39 is 16.1 Å². The lowest BCUT2D eigenvalue weighted by Crippen LogP contribution is -2.63. The van der Waals surface area contributed by atoms with Crippen molar-refractivity contribution >= 4 is 32.3 Å². The van der Waals surface area contributed by atoms with Gasteiger partial charge in [-0.1, -0.05) is 74.1 Å². The lowest BCUT2D eigenvalue weighted by Gasteiger charge is -2.40. The van der Waals surface area contributed by atoms with Gasteiger partial charge in [0.1, 0.15) is 0 Å². The van der Waals surface area contributed by atoms with Crippen molar-refractivity contribution < 1.29 is 4.79 Å². The van der Waals surface area contributed by atoms with E-state index >= 15 is 0 Å². The molecular weight excluding hydrogens is 288 g/mol. The van der Waals surface area contributed by atoms with Gasteiger partial charge >= 0.3 is 0 Å². The predicted molar refractivity (Wildman–Crippen MR) is 98.9 cm³/mol. The Labute approximate surface area is 132 Å². The number of fused-ring (bicyclic) bond motifs is 1. The van der Waals surface area contributed by atoms with Crippen LogP contribution in [0.4, 0.5) is 0 Å². The van der Waals surface area contributed by atoms with Crippen LogP contribution in [0.1, 0.15) is 42.1 Å². The van der Waals surface area contributed by atoms with Crippen LogP contribution in [-0.2, 0) is 0 Å². The minimum absolute atomic E-state index is 0.354. The number of carbonyl (C=O) groups excluding carboxylic acids is 1. The molecule has 1 aliphatic heterocycles. The summed E-state index contributed by atoms with van der Waals surface area (Å²) >= 11 is 0. The minimum atomic E-state index is -1.35. The van der Waals surface area contributed by atoms with E-state index in [9.17, 15) is 4.79 Å². The van der Waals surface area contributed by atoms with Crippen molar-refractivity contribution in [3.63, 3.8) is 0 Å². The largest absolute Gasteiger partial charge is 0.294 e. The van der Waals surface area contributed by atoms with E-state index in [2.05, 4.69) is 52.2 Å². The normalized spacial score (nSPS) is 19.1. The first kappa shape index (κ1) is 16.7. The van der Waals surface area contributed by atoms with Gasteiger partial charge in [-0.15, -0.1) is 0 Å². The van der Waals surface area contributed by atoms with Gasteiger partial charge in [-0.05, 0) is 18.9 Å². The van der Waals surface area contributed by atoms with Crippen LogP contribution in [0.2, 0.25) is 38.3 Å². The maximum absolute atomic E-state index is 12.5. The summed E-state index contributed by atoms with van der Waals surface area (Å²) in [6, 6.07) is 7.50. The zero-order valence-electron chi connectivity index (χ0n) is 14.6. The van der Waals surface area contributed by atoms with Crippen molar-refractivity contribution in [3.05, 3.63) is 23.3 Å². The number of benzene rings is 1. The Morgan fingerprint density at radius 2 is 1.57 bits per heavy atom. The molecule has 0 aliphatic carbocycles. The van der Waals surface area contributed by atoms with Crippen LogP contribution in [0.3, 0.4) is 0 Å². The topological polar surface area (TPSA) is 17.1 Å². The van der Waals surface area contributed by atoms with E-state index in [0.29, 0.717) is 12.2 Å². The molecule has 0 amide bonds. The molecule has 3 heteroatoms. The predicted octanol–water partition coefficient (Wildman–Crippen LogP) is 4.21. The molecule has 0 saturated carbocycles. The van der Waals surface area contributed by atoms with Crippen molar-refractivity contribution in [1.29, 1.82) is 0 Å². The van der Waals surface area contributed by atoms with Crippen molar-refractivity contribution in [2.75, 3.05) is 0 Å². The first-order valence-electron chi connectivity index (χ1n) is 8.38. The number of Topliss-reactive ketones (excluding diaryl/α,β-unsaturated/α-hetero) is 1. The van der Waals surface area contributed by atoms with Crippen LogP contribution in [-0.4, -0.2) is 21.9 Å². The fourth-order valence-electron chi connectivity index (χ4n) is 3.49. The Hall–Kier alpha value is -0.676. The van der Waals surface area contributed by atoms with Gasteiger partial charge in [-0.3, -0.25) is 4.79 Å². The summed E-state index contributed by atoms with van der Waals surface area (Å²) in [6.45, 7) is 14.2. The molecule has 0 N–H and O–H groups in total. The molecule has 116 valence electrons. The summed E-state index contributed by atoms with van der Waals surface area (Å²) in [5.74, 6) is 0.354. The maximum Gasteiger partial charge on any atom is 0.163 e. The Kier molecular flexibility index (Phi) is 4.64. The summed E-state index contributed by atoms with van der Waals surface area (Å²) < 4.78 is 0. The zero-order chi connectivity index (χ0) is 15.8. The fourth-order valence-corrected chi connectivity index (χ4v) is 13.8. The molecule has 0 bridgehead atoms. The first-order valence-corrected chi connectivity index (χ1v) is 14.8. The molecule has 0 atom stereocenters. The van der Waals surface area contributed by atoms with E-state index in [1.807, 2.05) is 0 Å². The number of ketones is 1. The number of hydrogen-bond acceptors (Lipinski definition) is 1. The van der Waals surface area contributed by atoms with Gasteiger partial charge in [-0.25, -0.2) is 0 Å². The minimum Gasteiger partial charge on any atom is -0.294 e. The van der Waals surface area contributed by atoms with Crippen LogP contribution in [0.25, 0.3) is 0 Å². The molecule has 2 rings (SSSR count). The highest BCUT2D eigenvalue weighted by Gasteiger charge is 2.40. The van der Waals surface area contributed by atoms with Crippen LogP contribution < -0.4 is 10.4 Å². The smallest absolute Gasteiger partial charge is 0.163 e. The Morgan fingerprint density at radius 1 is 1.05 bits per heavy atom. The molecule has 1 nitrogen and oxygen atoms in total. The Balaban J connectivity index is 2.51. The maximum atomic E-state index is 12.5. The number of carbonyl (C=O) groups is 1. The third kappa shape index (κ3) is 3.24. The molecule has 0 unspecified atom stereocenters. The molecule has 0 saturated heterocycles. The molecule has 1 aromatic rings. The molecule has 1 aliphatic rings. The van der Waals surface area contributed by atoms with Gasteiger partial charge in [0.25, 0.3) is 0 Å². The number of unbranched alkanes of at least 4 members (excludes halogenated alkanes) is 1. The average molecular weight is 319 g/mol. The summed E-state index contributed by atoms with van der Waals surface area (Å²) in [6.07, 6.45) is 2.81. The second-order valence-corrected chi connectivity index (χ2v) is 17.6. The van der Waals surface area contributed by atoms with Crippen molar-refractivity contribution in [2.45, 2.75) is 71.4 Å². The van der Waals surface area contributed by atoms with E-state index in [-0.39, 0.29) is 0 Å². The van der Waals surface area contributed by atoms with Gasteiger partial charge in [0, 0.05) is 12.0 Å². The van der Waals surface area contributed by atoms with Crippen LogP contribution in [0.15, 0.2) is 12.1 Å². The quantitative estimate of drug-likeness (QED) is 0.600. The lowest BCUT2D eigenvalue weighted by molar-refractivity contribution is 0.0979. The van der Waals surface area contributed by atoms with E-state index in [4.69, 9.17) is 0 Å². The summed E-state index contributed by atoms with van der Waals surface area (Å²) in [5.41, 5.74) is 2.22. The van der Waals surface area contributed by atoms with Gasteiger partial charge in [0.2, 0.25) is 0 Å². The molecule has 0 aromatic heterocycles. The van der Waals surface area contributed by atoms with Crippen LogP contribution >= 0.6 is 0 Å². The average Bonchev–Trinajstić information content (AvgIpc) is 2.41. The zero-order valence-corrected chi connectivity index (χ0v) is 16.6. The molecule has 1 aromatic carbocycles.